The molecule has 4 aromatic rings. The van der Waals surface area contributed by atoms with Crippen molar-refractivity contribution in [1.82, 2.24) is 14.5 Å². The molecule has 0 aromatic heterocycles. The average molecular weight is 572 g/mol. The van der Waals surface area contributed by atoms with Crippen LogP contribution in [0.2, 0.25) is 0 Å². The van der Waals surface area contributed by atoms with Crippen molar-refractivity contribution in [3.63, 3.8) is 0 Å². The molecule has 4 aromatic carbocycles. The van der Waals surface area contributed by atoms with Crippen molar-refractivity contribution in [3.8, 4) is 0 Å². The zero-order valence-corrected chi connectivity index (χ0v) is 24.6. The third-order valence-electron chi connectivity index (χ3n) is 7.04. The number of fused-ring (bicyclic) bond motifs is 1. The molecule has 0 aliphatic carbocycles. The van der Waals surface area contributed by atoms with Crippen LogP contribution in [0.3, 0.4) is 0 Å². The Bertz CT molecular complexity index is 1610. The van der Waals surface area contributed by atoms with Gasteiger partial charge in [-0.15, -0.1) is 0 Å². The maximum atomic E-state index is 14.0. The molecule has 4 rings (SSSR count). The minimum atomic E-state index is -3.97. The molecule has 0 radical (unpaired) electrons. The lowest BCUT2D eigenvalue weighted by molar-refractivity contribution is -0.141. The lowest BCUT2D eigenvalue weighted by Gasteiger charge is -2.32. The first-order valence-corrected chi connectivity index (χ1v) is 15.2. The summed E-state index contributed by atoms with van der Waals surface area (Å²) in [7, 11) is -2.57. The normalized spacial score (nSPS) is 12.3. The smallest absolute Gasteiger partial charge is 0.243 e. The standard InChI is InChI=1S/C33H37N3O4S/c1-4-19-34-33(38)31(21-26-12-6-5-7-13-26)36(23-27-14-10-11-25(2)20-27)32(37)24-35(3)41(39,40)30-18-17-28-15-8-9-16-29(28)22-30/h5-18,20,22,31H,4,19,21,23-24H2,1-3H3,(H,34,38)/t31-/m0/s1. The summed E-state index contributed by atoms with van der Waals surface area (Å²) in [5.41, 5.74) is 2.80. The summed E-state index contributed by atoms with van der Waals surface area (Å²) in [5, 5.41) is 4.67. The summed E-state index contributed by atoms with van der Waals surface area (Å²) in [6, 6.07) is 28.9. The Morgan fingerprint density at radius 1 is 0.829 bits per heavy atom. The maximum Gasteiger partial charge on any atom is 0.243 e. The third-order valence-corrected chi connectivity index (χ3v) is 8.84. The van der Waals surface area contributed by atoms with Crippen LogP contribution in [-0.4, -0.2) is 55.6 Å². The van der Waals surface area contributed by atoms with E-state index < -0.39 is 28.5 Å². The molecular weight excluding hydrogens is 534 g/mol. The van der Waals surface area contributed by atoms with Gasteiger partial charge in [-0.3, -0.25) is 9.59 Å². The fourth-order valence-corrected chi connectivity index (χ4v) is 5.96. The van der Waals surface area contributed by atoms with Crippen LogP contribution in [0.1, 0.15) is 30.0 Å². The highest BCUT2D eigenvalue weighted by Gasteiger charge is 2.33. The lowest BCUT2D eigenvalue weighted by Crippen LogP contribution is -2.53. The summed E-state index contributed by atoms with van der Waals surface area (Å²) in [4.78, 5) is 29.1. The van der Waals surface area contributed by atoms with Gasteiger partial charge in [0.05, 0.1) is 11.4 Å². The summed E-state index contributed by atoms with van der Waals surface area (Å²) >= 11 is 0. The molecule has 214 valence electrons. The minimum Gasteiger partial charge on any atom is -0.354 e. The molecule has 1 N–H and O–H groups in total. The molecule has 0 spiro atoms. The average Bonchev–Trinajstić information content (AvgIpc) is 2.97. The van der Waals surface area contributed by atoms with Crippen LogP contribution in [-0.2, 0) is 32.6 Å². The lowest BCUT2D eigenvalue weighted by atomic mass is 10.0. The molecular formula is C33H37N3O4S. The van der Waals surface area contributed by atoms with E-state index in [1.165, 1.54) is 11.9 Å². The number of carbonyl (C=O) groups is 2. The van der Waals surface area contributed by atoms with E-state index in [2.05, 4.69) is 5.32 Å². The number of carbonyl (C=O) groups excluding carboxylic acids is 2. The van der Waals surface area contributed by atoms with Crippen LogP contribution in [0.15, 0.2) is 102 Å². The van der Waals surface area contributed by atoms with E-state index in [1.54, 1.807) is 18.2 Å². The van der Waals surface area contributed by atoms with E-state index in [0.717, 1.165) is 38.2 Å². The number of hydrogen-bond acceptors (Lipinski definition) is 4. The highest BCUT2D eigenvalue weighted by molar-refractivity contribution is 7.89. The Morgan fingerprint density at radius 3 is 2.22 bits per heavy atom. The number of rotatable bonds is 12. The van der Waals surface area contributed by atoms with Gasteiger partial charge in [0.15, 0.2) is 0 Å². The van der Waals surface area contributed by atoms with Gasteiger partial charge in [0.25, 0.3) is 0 Å². The van der Waals surface area contributed by atoms with Crippen LogP contribution in [0.4, 0.5) is 0 Å². The number of benzene rings is 4. The molecule has 0 bridgehead atoms. The highest BCUT2D eigenvalue weighted by Crippen LogP contribution is 2.22. The van der Waals surface area contributed by atoms with Gasteiger partial charge in [-0.25, -0.2) is 8.42 Å². The van der Waals surface area contributed by atoms with Crippen molar-refractivity contribution in [3.05, 3.63) is 114 Å². The van der Waals surface area contributed by atoms with Crippen molar-refractivity contribution in [2.75, 3.05) is 20.1 Å². The Morgan fingerprint density at radius 2 is 1.51 bits per heavy atom. The molecule has 1 atom stereocenters. The first kappa shape index (κ1) is 30.0. The van der Waals surface area contributed by atoms with Gasteiger partial charge < -0.3 is 10.2 Å². The molecule has 8 heteroatoms. The molecule has 0 saturated carbocycles. The van der Waals surface area contributed by atoms with Gasteiger partial charge in [0, 0.05) is 26.6 Å². The summed E-state index contributed by atoms with van der Waals surface area (Å²) in [6.45, 7) is 4.17. The van der Waals surface area contributed by atoms with Crippen LogP contribution < -0.4 is 5.32 Å². The molecule has 0 aliphatic heterocycles. The zero-order chi connectivity index (χ0) is 29.4. The van der Waals surface area contributed by atoms with E-state index in [-0.39, 0.29) is 17.3 Å². The van der Waals surface area contributed by atoms with E-state index >= 15 is 0 Å². The van der Waals surface area contributed by atoms with Crippen molar-refractivity contribution >= 4 is 32.6 Å². The Kier molecular flexibility index (Phi) is 9.91. The fourth-order valence-electron chi connectivity index (χ4n) is 4.80. The SMILES string of the molecule is CCCNC(=O)[C@H](Cc1ccccc1)N(Cc1cccc(C)c1)C(=O)CN(C)S(=O)(=O)c1ccc2ccccc2c1. The number of hydrogen-bond donors (Lipinski definition) is 1. The second-order valence-corrected chi connectivity index (χ2v) is 12.3. The molecule has 7 nitrogen and oxygen atoms in total. The second-order valence-electron chi connectivity index (χ2n) is 10.3. The molecule has 0 unspecified atom stereocenters. The minimum absolute atomic E-state index is 0.109. The van der Waals surface area contributed by atoms with E-state index in [0.29, 0.717) is 13.0 Å². The molecule has 2 amide bonds. The number of sulfonamides is 1. The van der Waals surface area contributed by atoms with Crippen molar-refractivity contribution in [2.24, 2.45) is 0 Å². The van der Waals surface area contributed by atoms with Crippen molar-refractivity contribution in [2.45, 2.75) is 44.2 Å². The number of likely N-dealkylation sites (N-methyl/N-ethyl adjacent to an activating group) is 1. The first-order valence-electron chi connectivity index (χ1n) is 13.8. The van der Waals surface area contributed by atoms with E-state index in [9.17, 15) is 18.0 Å². The highest BCUT2D eigenvalue weighted by atomic mass is 32.2. The topological polar surface area (TPSA) is 86.8 Å². The number of nitrogens with one attached hydrogen (secondary N) is 1. The van der Waals surface area contributed by atoms with Crippen LogP contribution >= 0.6 is 0 Å². The number of amides is 2. The van der Waals surface area contributed by atoms with E-state index in [1.807, 2.05) is 92.7 Å². The molecule has 0 saturated heterocycles. The Hall–Kier alpha value is -4.01. The van der Waals surface area contributed by atoms with Crippen LogP contribution in [0.25, 0.3) is 10.8 Å². The molecule has 0 heterocycles. The van der Waals surface area contributed by atoms with Gasteiger partial charge in [-0.1, -0.05) is 97.4 Å². The fraction of sp³-hybridized carbons (Fsp3) is 0.273. The second kappa shape index (κ2) is 13.6. The predicted octanol–water partition coefficient (Wildman–Crippen LogP) is 4.94. The maximum absolute atomic E-state index is 14.0. The summed E-state index contributed by atoms with van der Waals surface area (Å²) in [5.74, 6) is -0.720. The Labute approximate surface area is 242 Å². The largest absolute Gasteiger partial charge is 0.354 e. The van der Waals surface area contributed by atoms with Gasteiger partial charge in [0.1, 0.15) is 6.04 Å². The molecule has 41 heavy (non-hydrogen) atoms. The number of aryl methyl sites for hydroxylation is 1. The Balaban J connectivity index is 1.66. The van der Waals surface area contributed by atoms with Crippen molar-refractivity contribution < 1.29 is 18.0 Å². The molecule has 0 aliphatic rings. The first-order chi connectivity index (χ1) is 19.7. The quantitative estimate of drug-likeness (QED) is 0.261. The van der Waals surface area contributed by atoms with Gasteiger partial charge >= 0.3 is 0 Å². The summed E-state index contributed by atoms with van der Waals surface area (Å²) in [6.07, 6.45) is 1.05. The van der Waals surface area contributed by atoms with E-state index in [4.69, 9.17) is 0 Å². The monoisotopic (exact) mass is 571 g/mol. The van der Waals surface area contributed by atoms with Crippen LogP contribution in [0.5, 0.6) is 0 Å². The van der Waals surface area contributed by atoms with Gasteiger partial charge in [-0.2, -0.15) is 4.31 Å². The van der Waals surface area contributed by atoms with Crippen molar-refractivity contribution in [1.29, 1.82) is 0 Å². The number of nitrogens with zero attached hydrogens (tertiary/aromatic N) is 2. The predicted molar refractivity (Wildman–Crippen MR) is 163 cm³/mol. The zero-order valence-electron chi connectivity index (χ0n) is 23.8. The van der Waals surface area contributed by atoms with Gasteiger partial charge in [-0.05, 0) is 47.4 Å². The molecule has 0 fully saturated rings. The van der Waals surface area contributed by atoms with Crippen LogP contribution in [0, 0.1) is 6.92 Å². The summed E-state index contributed by atoms with van der Waals surface area (Å²) < 4.78 is 28.2. The van der Waals surface area contributed by atoms with Gasteiger partial charge in [0.2, 0.25) is 21.8 Å². The third kappa shape index (κ3) is 7.60.